The van der Waals surface area contributed by atoms with E-state index < -0.39 is 0 Å². The number of hydrogen-bond donors (Lipinski definition) is 1. The minimum Gasteiger partial charge on any atom is -0.497 e. The van der Waals surface area contributed by atoms with Crippen LogP contribution in [0.25, 0.3) is 10.9 Å². The Morgan fingerprint density at radius 3 is 2.55 bits per heavy atom. The Morgan fingerprint density at radius 2 is 1.79 bits per heavy atom. The second kappa shape index (κ2) is 11.3. The van der Waals surface area contributed by atoms with Crippen LogP contribution >= 0.6 is 0 Å². The number of hydrogen-bond acceptors (Lipinski definition) is 6. The van der Waals surface area contributed by atoms with Gasteiger partial charge in [0, 0.05) is 54.0 Å². The summed E-state index contributed by atoms with van der Waals surface area (Å²) in [6.07, 6.45) is 1.68. The minimum atomic E-state index is -0.203. The highest BCUT2D eigenvalue weighted by Crippen LogP contribution is 2.33. The molecule has 1 fully saturated rings. The number of nitrogens with one attached hydrogen (secondary N) is 1. The lowest BCUT2D eigenvalue weighted by Crippen LogP contribution is -2.40. The first-order chi connectivity index (χ1) is 18.5. The summed E-state index contributed by atoms with van der Waals surface area (Å²) < 4.78 is 16.8. The zero-order valence-electron chi connectivity index (χ0n) is 21.4. The fourth-order valence-electron chi connectivity index (χ4n) is 4.40. The molecule has 1 aliphatic rings. The van der Waals surface area contributed by atoms with E-state index in [0.29, 0.717) is 55.5 Å². The molecule has 0 unspecified atom stereocenters. The van der Waals surface area contributed by atoms with Crippen LogP contribution in [-0.4, -0.2) is 55.1 Å². The highest BCUT2D eigenvalue weighted by molar-refractivity contribution is 5.96. The third-order valence-electron chi connectivity index (χ3n) is 6.61. The third-order valence-corrected chi connectivity index (χ3v) is 6.61. The third kappa shape index (κ3) is 5.45. The molecule has 8 heteroatoms. The second-order valence-electron chi connectivity index (χ2n) is 9.01. The Hall–Kier alpha value is -4.43. The number of carbonyl (C=O) groups excluding carboxylic acids is 2. The van der Waals surface area contributed by atoms with Gasteiger partial charge in [0.05, 0.1) is 25.8 Å². The first kappa shape index (κ1) is 25.2. The van der Waals surface area contributed by atoms with E-state index in [-0.39, 0.29) is 11.8 Å². The Kier molecular flexibility index (Phi) is 7.51. The molecule has 0 saturated carbocycles. The number of nitrogens with zero attached hydrogens (tertiary/aromatic N) is 2. The van der Waals surface area contributed by atoms with Crippen molar-refractivity contribution in [3.05, 3.63) is 95.2 Å². The Labute approximate surface area is 221 Å². The number of amides is 2. The van der Waals surface area contributed by atoms with E-state index in [1.54, 1.807) is 48.5 Å². The summed E-state index contributed by atoms with van der Waals surface area (Å²) in [6.45, 7) is 4.54. The largest absolute Gasteiger partial charge is 0.497 e. The zero-order chi connectivity index (χ0) is 26.5. The van der Waals surface area contributed by atoms with E-state index in [2.05, 4.69) is 10.3 Å². The van der Waals surface area contributed by atoms with Gasteiger partial charge in [-0.05, 0) is 55.0 Å². The van der Waals surface area contributed by atoms with Crippen LogP contribution in [-0.2, 0) is 11.3 Å². The van der Waals surface area contributed by atoms with Gasteiger partial charge in [-0.25, -0.2) is 0 Å². The number of aromatic nitrogens is 1. The summed E-state index contributed by atoms with van der Waals surface area (Å²) in [5, 5.41) is 3.82. The number of morpholine rings is 1. The molecule has 194 valence electrons. The fraction of sp³-hybridized carbons (Fsp3) is 0.233. The molecular formula is C30H29N3O5. The van der Waals surface area contributed by atoms with Gasteiger partial charge in [0.2, 0.25) is 0 Å². The predicted octanol–water partition coefficient (Wildman–Crippen LogP) is 4.75. The Morgan fingerprint density at radius 1 is 1.00 bits per heavy atom. The maximum atomic E-state index is 13.0. The summed E-state index contributed by atoms with van der Waals surface area (Å²) in [4.78, 5) is 31.9. The van der Waals surface area contributed by atoms with Crippen molar-refractivity contribution in [1.82, 2.24) is 15.2 Å². The monoisotopic (exact) mass is 511 g/mol. The molecule has 8 nitrogen and oxygen atoms in total. The average molecular weight is 512 g/mol. The van der Waals surface area contributed by atoms with E-state index >= 15 is 0 Å². The van der Waals surface area contributed by atoms with Gasteiger partial charge >= 0.3 is 0 Å². The van der Waals surface area contributed by atoms with E-state index in [9.17, 15) is 9.59 Å². The molecule has 2 amide bonds. The van der Waals surface area contributed by atoms with Gasteiger partial charge in [-0.2, -0.15) is 0 Å². The van der Waals surface area contributed by atoms with Crippen molar-refractivity contribution in [2.24, 2.45) is 0 Å². The lowest BCUT2D eigenvalue weighted by Gasteiger charge is -2.26. The summed E-state index contributed by atoms with van der Waals surface area (Å²) >= 11 is 0. The number of rotatable bonds is 7. The van der Waals surface area contributed by atoms with Crippen LogP contribution in [0.5, 0.6) is 17.2 Å². The van der Waals surface area contributed by atoms with Crippen LogP contribution in [0.4, 0.5) is 0 Å². The van der Waals surface area contributed by atoms with Crippen molar-refractivity contribution in [1.29, 1.82) is 0 Å². The molecule has 38 heavy (non-hydrogen) atoms. The van der Waals surface area contributed by atoms with E-state index in [1.165, 1.54) is 0 Å². The molecule has 3 aromatic carbocycles. The summed E-state index contributed by atoms with van der Waals surface area (Å²) in [6, 6.07) is 20.2. The summed E-state index contributed by atoms with van der Waals surface area (Å²) in [7, 11) is 1.62. The number of pyridine rings is 1. The highest BCUT2D eigenvalue weighted by atomic mass is 16.5. The average Bonchev–Trinajstić information content (AvgIpc) is 2.97. The Balaban J connectivity index is 1.25. The maximum Gasteiger partial charge on any atom is 0.254 e. The molecule has 5 rings (SSSR count). The minimum absolute atomic E-state index is 0.00237. The van der Waals surface area contributed by atoms with Crippen LogP contribution in [0.3, 0.4) is 0 Å². The topological polar surface area (TPSA) is 90.0 Å². The molecule has 0 atom stereocenters. The lowest BCUT2D eigenvalue weighted by atomic mass is 10.1. The number of methoxy groups -OCH3 is 1. The van der Waals surface area contributed by atoms with Gasteiger partial charge in [-0.15, -0.1) is 0 Å². The van der Waals surface area contributed by atoms with E-state index in [4.69, 9.17) is 14.2 Å². The smallest absolute Gasteiger partial charge is 0.254 e. The number of benzene rings is 3. The molecule has 0 bridgehead atoms. The molecule has 1 N–H and O–H groups in total. The molecule has 1 aromatic heterocycles. The quantitative estimate of drug-likeness (QED) is 0.385. The van der Waals surface area contributed by atoms with Gasteiger partial charge in [-0.3, -0.25) is 14.6 Å². The maximum absolute atomic E-state index is 13.0. The van der Waals surface area contributed by atoms with E-state index in [1.807, 2.05) is 43.3 Å². The van der Waals surface area contributed by atoms with Crippen LogP contribution in [0, 0.1) is 6.92 Å². The molecule has 2 heterocycles. The summed E-state index contributed by atoms with van der Waals surface area (Å²) in [5.41, 5.74) is 3.55. The van der Waals surface area contributed by atoms with Crippen molar-refractivity contribution >= 4 is 22.7 Å². The molecule has 1 aliphatic heterocycles. The van der Waals surface area contributed by atoms with Gasteiger partial charge < -0.3 is 24.4 Å². The lowest BCUT2D eigenvalue weighted by molar-refractivity contribution is 0.0303. The zero-order valence-corrected chi connectivity index (χ0v) is 21.4. The van der Waals surface area contributed by atoms with Crippen LogP contribution < -0.4 is 14.8 Å². The van der Waals surface area contributed by atoms with Crippen molar-refractivity contribution in [2.45, 2.75) is 13.5 Å². The predicted molar refractivity (Wildman–Crippen MR) is 144 cm³/mol. The normalized spacial score (nSPS) is 13.3. The standard InChI is InChI=1S/C30H29N3O5/c1-20-24(4-3-5-27(20)38-28-12-13-31-26-18-23(36-2)10-11-25(26)28)29(34)32-19-21-6-8-22(9-7-21)30(35)33-14-16-37-17-15-33/h3-13,18H,14-17,19H2,1-2H3,(H,32,34). The SMILES string of the molecule is COc1ccc2c(Oc3cccc(C(=O)NCc4ccc(C(=O)N5CCOCC5)cc4)c3C)ccnc2c1. The van der Waals surface area contributed by atoms with E-state index in [0.717, 1.165) is 27.8 Å². The summed E-state index contributed by atoms with van der Waals surface area (Å²) in [5.74, 6) is 1.75. The number of carbonyl (C=O) groups is 2. The van der Waals surface area contributed by atoms with Crippen LogP contribution in [0.15, 0.2) is 72.9 Å². The molecule has 0 radical (unpaired) electrons. The number of ether oxygens (including phenoxy) is 3. The first-order valence-corrected chi connectivity index (χ1v) is 12.5. The van der Waals surface area contributed by atoms with Gasteiger partial charge in [0.1, 0.15) is 17.2 Å². The molecular weight excluding hydrogens is 482 g/mol. The highest BCUT2D eigenvalue weighted by Gasteiger charge is 2.19. The van der Waals surface area contributed by atoms with Crippen LogP contribution in [0.2, 0.25) is 0 Å². The van der Waals surface area contributed by atoms with Gasteiger partial charge in [0.25, 0.3) is 11.8 Å². The molecule has 0 spiro atoms. The van der Waals surface area contributed by atoms with Crippen LogP contribution in [0.1, 0.15) is 31.8 Å². The first-order valence-electron chi connectivity index (χ1n) is 12.5. The Bertz CT molecular complexity index is 1460. The van der Waals surface area contributed by atoms with Crippen molar-refractivity contribution < 1.29 is 23.8 Å². The van der Waals surface area contributed by atoms with Crippen molar-refractivity contribution in [3.8, 4) is 17.2 Å². The second-order valence-corrected chi connectivity index (χ2v) is 9.01. The molecule has 1 saturated heterocycles. The van der Waals surface area contributed by atoms with Gasteiger partial charge in [-0.1, -0.05) is 18.2 Å². The number of fused-ring (bicyclic) bond motifs is 1. The molecule has 0 aliphatic carbocycles. The van der Waals surface area contributed by atoms with Crippen molar-refractivity contribution in [3.63, 3.8) is 0 Å². The van der Waals surface area contributed by atoms with Crippen molar-refractivity contribution in [2.75, 3.05) is 33.4 Å². The molecule has 4 aromatic rings. The van der Waals surface area contributed by atoms with Gasteiger partial charge in [0.15, 0.2) is 0 Å². The fourth-order valence-corrected chi connectivity index (χ4v) is 4.40.